The number of fused-ring (bicyclic) bond motifs is 2. The van der Waals surface area contributed by atoms with E-state index in [0.717, 1.165) is 24.6 Å². The average molecular weight is 394 g/mol. The Morgan fingerprint density at radius 1 is 1.21 bits per heavy atom. The first kappa shape index (κ1) is 18.7. The van der Waals surface area contributed by atoms with Gasteiger partial charge in [0.25, 0.3) is 5.69 Å². The summed E-state index contributed by atoms with van der Waals surface area (Å²) in [6.07, 6.45) is 2.97. The van der Waals surface area contributed by atoms with E-state index >= 15 is 0 Å². The number of aryl methyl sites for hydroxylation is 2. The van der Waals surface area contributed by atoms with E-state index in [4.69, 9.17) is 9.15 Å². The van der Waals surface area contributed by atoms with Crippen molar-refractivity contribution in [2.24, 2.45) is 0 Å². The Balaban J connectivity index is 1.61. The maximum Gasteiger partial charge on any atom is 0.338 e. The molecule has 1 heterocycles. The molecule has 2 aromatic carbocycles. The molecule has 0 aliphatic heterocycles. The van der Waals surface area contributed by atoms with Crippen LogP contribution in [0.5, 0.6) is 0 Å². The van der Waals surface area contributed by atoms with Gasteiger partial charge in [0.05, 0.1) is 10.5 Å². The van der Waals surface area contributed by atoms with Gasteiger partial charge < -0.3 is 14.5 Å². The SMILES string of the molecule is CNc1ccc(C(=O)OCc2cc(=O)oc3cc4c(cc23)CCC4)cc1[N+](=O)[O-]. The van der Waals surface area contributed by atoms with Crippen molar-refractivity contribution in [3.05, 3.63) is 79.2 Å². The lowest BCUT2D eigenvalue weighted by Gasteiger charge is -2.10. The molecule has 0 saturated heterocycles. The summed E-state index contributed by atoms with van der Waals surface area (Å²) in [5, 5.41) is 14.6. The molecule has 0 radical (unpaired) electrons. The number of hydrogen-bond acceptors (Lipinski definition) is 7. The third-order valence-corrected chi connectivity index (χ3v) is 5.10. The molecular formula is C21H18N2O6. The van der Waals surface area contributed by atoms with Crippen LogP contribution in [-0.4, -0.2) is 17.9 Å². The van der Waals surface area contributed by atoms with Crippen LogP contribution in [0.25, 0.3) is 11.0 Å². The number of nitro benzene ring substituents is 1. The lowest BCUT2D eigenvalue weighted by molar-refractivity contribution is -0.384. The molecule has 0 atom stereocenters. The summed E-state index contributed by atoms with van der Waals surface area (Å²) in [5.41, 5.74) is 3.01. The van der Waals surface area contributed by atoms with Crippen LogP contribution in [0.3, 0.4) is 0 Å². The zero-order valence-electron chi connectivity index (χ0n) is 15.7. The summed E-state index contributed by atoms with van der Waals surface area (Å²) < 4.78 is 10.7. The van der Waals surface area contributed by atoms with E-state index in [-0.39, 0.29) is 17.9 Å². The van der Waals surface area contributed by atoms with Gasteiger partial charge in [0, 0.05) is 30.1 Å². The highest BCUT2D eigenvalue weighted by Crippen LogP contribution is 2.29. The quantitative estimate of drug-likeness (QED) is 0.305. The van der Waals surface area contributed by atoms with Crippen molar-refractivity contribution >= 4 is 28.3 Å². The Bertz CT molecular complexity index is 1200. The largest absolute Gasteiger partial charge is 0.457 e. The number of carbonyl (C=O) groups excluding carboxylic acids is 1. The van der Waals surface area contributed by atoms with Crippen molar-refractivity contribution in [2.45, 2.75) is 25.9 Å². The third kappa shape index (κ3) is 3.56. The fourth-order valence-electron chi connectivity index (χ4n) is 3.66. The van der Waals surface area contributed by atoms with E-state index in [1.165, 1.54) is 35.4 Å². The fourth-order valence-corrected chi connectivity index (χ4v) is 3.66. The lowest BCUT2D eigenvalue weighted by Crippen LogP contribution is -2.09. The predicted octanol–water partition coefficient (Wildman–Crippen LogP) is 3.59. The van der Waals surface area contributed by atoms with Gasteiger partial charge in [-0.2, -0.15) is 0 Å². The molecule has 4 rings (SSSR count). The molecule has 3 aromatic rings. The number of benzene rings is 2. The van der Waals surface area contributed by atoms with E-state index in [1.54, 1.807) is 7.05 Å². The van der Waals surface area contributed by atoms with Gasteiger partial charge >= 0.3 is 11.6 Å². The maximum atomic E-state index is 12.4. The predicted molar refractivity (Wildman–Crippen MR) is 106 cm³/mol. The third-order valence-electron chi connectivity index (χ3n) is 5.10. The van der Waals surface area contributed by atoms with Gasteiger partial charge in [0.15, 0.2) is 0 Å². The number of nitrogens with one attached hydrogen (secondary N) is 1. The van der Waals surface area contributed by atoms with Crippen LogP contribution in [0.1, 0.15) is 33.5 Å². The number of ether oxygens (including phenoxy) is 1. The van der Waals surface area contributed by atoms with Crippen LogP contribution in [0.15, 0.2) is 45.6 Å². The maximum absolute atomic E-state index is 12.4. The van der Waals surface area contributed by atoms with E-state index in [0.29, 0.717) is 16.8 Å². The monoisotopic (exact) mass is 394 g/mol. The molecular weight excluding hydrogens is 376 g/mol. The Morgan fingerprint density at radius 2 is 1.97 bits per heavy atom. The fraction of sp³-hybridized carbons (Fsp3) is 0.238. The Labute approximate surface area is 165 Å². The van der Waals surface area contributed by atoms with Crippen LogP contribution in [0.4, 0.5) is 11.4 Å². The number of carbonyl (C=O) groups is 1. The summed E-state index contributed by atoms with van der Waals surface area (Å²) in [6.45, 7) is -0.138. The molecule has 0 unspecified atom stereocenters. The smallest absolute Gasteiger partial charge is 0.338 e. The minimum atomic E-state index is -0.710. The van der Waals surface area contributed by atoms with Crippen molar-refractivity contribution < 1.29 is 18.9 Å². The Morgan fingerprint density at radius 3 is 2.69 bits per heavy atom. The number of hydrogen-bond donors (Lipinski definition) is 1. The summed E-state index contributed by atoms with van der Waals surface area (Å²) >= 11 is 0. The first-order valence-electron chi connectivity index (χ1n) is 9.18. The molecule has 0 saturated carbocycles. The van der Waals surface area contributed by atoms with Gasteiger partial charge in [-0.1, -0.05) is 0 Å². The first-order valence-corrected chi connectivity index (χ1v) is 9.18. The van der Waals surface area contributed by atoms with Crippen LogP contribution in [0.2, 0.25) is 0 Å². The van der Waals surface area contributed by atoms with E-state index in [9.17, 15) is 19.7 Å². The lowest BCUT2D eigenvalue weighted by atomic mass is 10.0. The molecule has 1 aliphatic rings. The van der Waals surface area contributed by atoms with E-state index in [1.807, 2.05) is 12.1 Å². The molecule has 1 N–H and O–H groups in total. The van der Waals surface area contributed by atoms with Gasteiger partial charge in [-0.05, 0) is 54.7 Å². The van der Waals surface area contributed by atoms with E-state index < -0.39 is 16.5 Å². The van der Waals surface area contributed by atoms with Crippen LogP contribution >= 0.6 is 0 Å². The standard InChI is InChI=1S/C21H18N2O6/c1-22-17-6-5-14(8-18(17)23(26)27)21(25)28-11-15-10-20(24)29-19-9-13-4-2-3-12(13)7-16(15)19/h5-10,22H,2-4,11H2,1H3. The zero-order valence-corrected chi connectivity index (χ0v) is 15.7. The van der Waals surface area contributed by atoms with Crippen molar-refractivity contribution in [3.63, 3.8) is 0 Å². The van der Waals surface area contributed by atoms with Crippen LogP contribution in [0, 0.1) is 10.1 Å². The number of nitrogens with zero attached hydrogens (tertiary/aromatic N) is 1. The summed E-state index contributed by atoms with van der Waals surface area (Å²) in [5.74, 6) is -0.710. The van der Waals surface area contributed by atoms with E-state index in [2.05, 4.69) is 5.32 Å². The molecule has 0 spiro atoms. The molecule has 8 nitrogen and oxygen atoms in total. The van der Waals surface area contributed by atoms with Gasteiger partial charge in [0.1, 0.15) is 17.9 Å². The van der Waals surface area contributed by atoms with Crippen molar-refractivity contribution in [2.75, 3.05) is 12.4 Å². The average Bonchev–Trinajstić information content (AvgIpc) is 3.16. The highest BCUT2D eigenvalue weighted by Gasteiger charge is 2.19. The number of anilines is 1. The molecule has 0 amide bonds. The number of esters is 1. The van der Waals surface area contributed by atoms with Gasteiger partial charge in [-0.15, -0.1) is 0 Å². The second kappa shape index (κ2) is 7.38. The second-order valence-corrected chi connectivity index (χ2v) is 6.88. The van der Waals surface area contributed by atoms with Gasteiger partial charge in [-0.3, -0.25) is 10.1 Å². The topological polar surface area (TPSA) is 112 Å². The Kier molecular flexibility index (Phi) is 4.75. The molecule has 0 bridgehead atoms. The highest BCUT2D eigenvalue weighted by molar-refractivity contribution is 5.91. The molecule has 29 heavy (non-hydrogen) atoms. The minimum absolute atomic E-state index is 0.0591. The molecule has 148 valence electrons. The zero-order chi connectivity index (χ0) is 20.5. The summed E-state index contributed by atoms with van der Waals surface area (Å²) in [6, 6.07) is 9.23. The number of rotatable bonds is 5. The van der Waals surface area contributed by atoms with Crippen LogP contribution < -0.4 is 10.9 Å². The number of nitro groups is 1. The first-order chi connectivity index (χ1) is 14.0. The summed E-state index contributed by atoms with van der Waals surface area (Å²) in [7, 11) is 1.56. The summed E-state index contributed by atoms with van der Waals surface area (Å²) in [4.78, 5) is 35.0. The highest BCUT2D eigenvalue weighted by atomic mass is 16.6. The van der Waals surface area contributed by atoms with Crippen molar-refractivity contribution in [1.29, 1.82) is 0 Å². The molecule has 1 aromatic heterocycles. The van der Waals surface area contributed by atoms with Gasteiger partial charge in [-0.25, -0.2) is 9.59 Å². The molecule has 8 heteroatoms. The minimum Gasteiger partial charge on any atom is -0.457 e. The molecule has 1 aliphatic carbocycles. The second-order valence-electron chi connectivity index (χ2n) is 6.88. The molecule has 0 fully saturated rings. The van der Waals surface area contributed by atoms with Crippen LogP contribution in [-0.2, 0) is 24.2 Å². The van der Waals surface area contributed by atoms with Gasteiger partial charge in [0.2, 0.25) is 0 Å². The van der Waals surface area contributed by atoms with Crippen molar-refractivity contribution in [3.8, 4) is 0 Å². The van der Waals surface area contributed by atoms with Crippen molar-refractivity contribution in [1.82, 2.24) is 0 Å². The Hall–Kier alpha value is -3.68. The normalized spacial score (nSPS) is 12.6.